The van der Waals surface area contributed by atoms with E-state index in [-0.39, 0.29) is 25.9 Å². The summed E-state index contributed by atoms with van der Waals surface area (Å²) in [6, 6.07) is 7.39. The molecule has 1 aliphatic heterocycles. The van der Waals surface area contributed by atoms with E-state index in [0.717, 1.165) is 30.0 Å². The second-order valence-corrected chi connectivity index (χ2v) is 7.91. The average Bonchev–Trinajstić information content (AvgIpc) is 3.14. The Balaban J connectivity index is 1.54. The Morgan fingerprint density at radius 2 is 1.71 bits per heavy atom. The van der Waals surface area contributed by atoms with Crippen LogP contribution in [0.25, 0.3) is 11.3 Å². The van der Waals surface area contributed by atoms with Gasteiger partial charge in [0.2, 0.25) is 0 Å². The van der Waals surface area contributed by atoms with E-state index in [9.17, 15) is 4.79 Å². The van der Waals surface area contributed by atoms with Gasteiger partial charge in [-0.1, -0.05) is 58.5 Å². The van der Waals surface area contributed by atoms with Crippen LogP contribution in [0.4, 0.5) is 5.69 Å². The predicted octanol–water partition coefficient (Wildman–Crippen LogP) is 6.15. The molecule has 0 bridgehead atoms. The Hall–Kier alpha value is -1.79. The van der Waals surface area contributed by atoms with E-state index in [0.29, 0.717) is 5.69 Å². The Labute approximate surface area is 181 Å². The number of benzene rings is 1. The van der Waals surface area contributed by atoms with Crippen molar-refractivity contribution >= 4 is 58.0 Å². The topological polar surface area (TPSA) is 59.8 Å². The summed E-state index contributed by atoms with van der Waals surface area (Å²) in [5.41, 5.74) is 2.40. The van der Waals surface area contributed by atoms with Crippen LogP contribution in [0.15, 0.2) is 30.5 Å². The molecule has 28 heavy (non-hydrogen) atoms. The highest BCUT2D eigenvalue weighted by Gasteiger charge is 2.20. The molecule has 0 radical (unpaired) electrons. The van der Waals surface area contributed by atoms with Gasteiger partial charge in [-0.25, -0.2) is 9.97 Å². The van der Waals surface area contributed by atoms with Crippen LogP contribution >= 0.6 is 46.4 Å². The molecule has 2 aromatic heterocycles. The van der Waals surface area contributed by atoms with Gasteiger partial charge in [0.05, 0.1) is 20.8 Å². The van der Waals surface area contributed by atoms with E-state index >= 15 is 0 Å². The zero-order valence-corrected chi connectivity index (χ0v) is 17.5. The molecule has 0 unspecified atom stereocenters. The standard InChI is InChI=1S/C19H14Cl4N4O/c20-14-15(21)17(26-18(23)16(14)22)19(28)24-11-6-4-10(5-7-11)12-9-27-8-2-1-3-13(27)25-12/h4-7,9H,1-3,8H2,(H,24,28). The van der Waals surface area contributed by atoms with Crippen LogP contribution in [-0.4, -0.2) is 20.4 Å². The van der Waals surface area contributed by atoms with Gasteiger partial charge < -0.3 is 9.88 Å². The largest absolute Gasteiger partial charge is 0.334 e. The molecule has 4 rings (SSSR count). The summed E-state index contributed by atoms with van der Waals surface area (Å²) in [5.74, 6) is 0.589. The quantitative estimate of drug-likeness (QED) is 0.482. The number of amides is 1. The van der Waals surface area contributed by atoms with E-state index in [2.05, 4.69) is 21.1 Å². The van der Waals surface area contributed by atoms with Gasteiger partial charge >= 0.3 is 0 Å². The summed E-state index contributed by atoms with van der Waals surface area (Å²) in [6.07, 6.45) is 5.44. The van der Waals surface area contributed by atoms with Crippen molar-refractivity contribution in [2.45, 2.75) is 25.8 Å². The van der Waals surface area contributed by atoms with Crippen molar-refractivity contribution in [1.29, 1.82) is 0 Å². The molecular formula is C19H14Cl4N4O. The molecule has 0 aliphatic carbocycles. The van der Waals surface area contributed by atoms with E-state index in [4.69, 9.17) is 51.4 Å². The molecule has 9 heteroatoms. The maximum atomic E-state index is 12.5. The second kappa shape index (κ2) is 7.91. The fourth-order valence-electron chi connectivity index (χ4n) is 3.10. The third kappa shape index (κ3) is 3.72. The van der Waals surface area contributed by atoms with Gasteiger partial charge in [-0.15, -0.1) is 0 Å². The molecule has 3 heterocycles. The maximum Gasteiger partial charge on any atom is 0.275 e. The van der Waals surface area contributed by atoms with Gasteiger partial charge in [0.25, 0.3) is 5.91 Å². The van der Waals surface area contributed by atoms with Gasteiger partial charge in [0, 0.05) is 30.4 Å². The fraction of sp³-hybridized carbons (Fsp3) is 0.211. The highest BCUT2D eigenvalue weighted by molar-refractivity contribution is 6.52. The number of hydrogen-bond acceptors (Lipinski definition) is 3. The van der Waals surface area contributed by atoms with Gasteiger partial charge in [0.15, 0.2) is 0 Å². The van der Waals surface area contributed by atoms with Crippen LogP contribution in [0.5, 0.6) is 0 Å². The number of carbonyl (C=O) groups excluding carboxylic acids is 1. The first kappa shape index (κ1) is 19.5. The molecule has 3 aromatic rings. The number of pyridine rings is 1. The van der Waals surface area contributed by atoms with Crippen molar-refractivity contribution in [3.05, 3.63) is 62.2 Å². The van der Waals surface area contributed by atoms with Crippen LogP contribution in [-0.2, 0) is 13.0 Å². The Bertz CT molecular complexity index is 1040. The Kier molecular flexibility index (Phi) is 5.52. The molecule has 1 aromatic carbocycles. The summed E-state index contributed by atoms with van der Waals surface area (Å²) in [7, 11) is 0. The van der Waals surface area contributed by atoms with Crippen LogP contribution in [0.3, 0.4) is 0 Å². The normalized spacial score (nSPS) is 13.3. The lowest BCUT2D eigenvalue weighted by atomic mass is 10.1. The lowest BCUT2D eigenvalue weighted by molar-refractivity contribution is 0.102. The lowest BCUT2D eigenvalue weighted by Gasteiger charge is -2.11. The highest BCUT2D eigenvalue weighted by Crippen LogP contribution is 2.36. The molecule has 1 N–H and O–H groups in total. The fourth-order valence-corrected chi connectivity index (χ4v) is 3.92. The number of nitrogens with one attached hydrogen (secondary N) is 1. The first-order valence-corrected chi connectivity index (χ1v) is 10.1. The average molecular weight is 456 g/mol. The number of imidazole rings is 1. The van der Waals surface area contributed by atoms with Gasteiger partial charge in [0.1, 0.15) is 16.7 Å². The minimum Gasteiger partial charge on any atom is -0.334 e. The van der Waals surface area contributed by atoms with E-state index in [1.807, 2.05) is 12.1 Å². The smallest absolute Gasteiger partial charge is 0.275 e. The molecule has 5 nitrogen and oxygen atoms in total. The van der Waals surface area contributed by atoms with Crippen molar-refractivity contribution in [1.82, 2.24) is 14.5 Å². The van der Waals surface area contributed by atoms with E-state index in [1.54, 1.807) is 12.1 Å². The van der Waals surface area contributed by atoms with Crippen LogP contribution in [0.2, 0.25) is 20.2 Å². The third-order valence-electron chi connectivity index (χ3n) is 4.55. The predicted molar refractivity (Wildman–Crippen MR) is 113 cm³/mol. The lowest BCUT2D eigenvalue weighted by Crippen LogP contribution is -2.14. The minimum atomic E-state index is -0.532. The van der Waals surface area contributed by atoms with Gasteiger partial charge in [-0.05, 0) is 25.0 Å². The number of aromatic nitrogens is 3. The molecule has 1 aliphatic rings. The Morgan fingerprint density at radius 3 is 2.43 bits per heavy atom. The summed E-state index contributed by atoms with van der Waals surface area (Å²) in [4.78, 5) is 21.1. The number of rotatable bonds is 3. The van der Waals surface area contributed by atoms with Crippen LogP contribution in [0, 0.1) is 0 Å². The van der Waals surface area contributed by atoms with Crippen molar-refractivity contribution in [3.63, 3.8) is 0 Å². The highest BCUT2D eigenvalue weighted by atomic mass is 35.5. The number of hydrogen-bond donors (Lipinski definition) is 1. The number of carbonyl (C=O) groups is 1. The van der Waals surface area contributed by atoms with E-state index < -0.39 is 5.91 Å². The monoisotopic (exact) mass is 454 g/mol. The first-order valence-electron chi connectivity index (χ1n) is 8.62. The molecule has 0 saturated carbocycles. The zero-order valence-electron chi connectivity index (χ0n) is 14.5. The number of halogens is 4. The Morgan fingerprint density at radius 1 is 0.964 bits per heavy atom. The number of aryl methyl sites for hydroxylation is 2. The van der Waals surface area contributed by atoms with E-state index in [1.165, 1.54) is 12.8 Å². The molecule has 0 atom stereocenters. The van der Waals surface area contributed by atoms with Crippen molar-refractivity contribution in [2.75, 3.05) is 5.32 Å². The van der Waals surface area contributed by atoms with Crippen LogP contribution in [0.1, 0.15) is 29.2 Å². The van der Waals surface area contributed by atoms with Gasteiger partial charge in [-0.2, -0.15) is 0 Å². The summed E-state index contributed by atoms with van der Waals surface area (Å²) in [6.45, 7) is 1.01. The molecule has 1 amide bonds. The van der Waals surface area contributed by atoms with Gasteiger partial charge in [-0.3, -0.25) is 4.79 Å². The van der Waals surface area contributed by atoms with Crippen LogP contribution < -0.4 is 5.32 Å². The molecule has 0 fully saturated rings. The zero-order chi connectivity index (χ0) is 19.8. The minimum absolute atomic E-state index is 0.00687. The number of anilines is 1. The molecule has 0 spiro atoms. The third-order valence-corrected chi connectivity index (χ3v) is 6.22. The number of nitrogens with zero attached hydrogens (tertiary/aromatic N) is 3. The van der Waals surface area contributed by atoms with Crippen molar-refractivity contribution < 1.29 is 4.79 Å². The molecule has 144 valence electrons. The SMILES string of the molecule is O=C(Nc1ccc(-c2cn3c(n2)CCCC3)cc1)c1nc(Cl)c(Cl)c(Cl)c1Cl. The summed E-state index contributed by atoms with van der Waals surface area (Å²) in [5, 5.41) is 2.60. The first-order chi connectivity index (χ1) is 13.4. The van der Waals surface area contributed by atoms with Crippen molar-refractivity contribution in [2.24, 2.45) is 0 Å². The summed E-state index contributed by atoms with van der Waals surface area (Å²) < 4.78 is 2.20. The number of fused-ring (bicyclic) bond motifs is 1. The molecular weight excluding hydrogens is 442 g/mol. The maximum absolute atomic E-state index is 12.5. The molecule has 0 saturated heterocycles. The summed E-state index contributed by atoms with van der Waals surface area (Å²) >= 11 is 23.8. The second-order valence-electron chi connectivity index (χ2n) is 6.42. The van der Waals surface area contributed by atoms with Crippen molar-refractivity contribution in [3.8, 4) is 11.3 Å².